The lowest BCUT2D eigenvalue weighted by atomic mass is 10.0. The number of rotatable bonds is 3. The first kappa shape index (κ1) is 19.8. The number of non-ortho nitro benzene ring substituents is 1. The van der Waals surface area contributed by atoms with Crippen molar-refractivity contribution in [1.82, 2.24) is 10.6 Å². The maximum atomic E-state index is 12.0. The van der Waals surface area contributed by atoms with Crippen molar-refractivity contribution in [3.8, 4) is 0 Å². The molecule has 0 amide bonds. The predicted octanol–water partition coefficient (Wildman–Crippen LogP) is 2.43. The molecule has 0 spiro atoms. The zero-order valence-electron chi connectivity index (χ0n) is 13.1. The largest absolute Gasteiger partial charge is 0.314 e. The van der Waals surface area contributed by atoms with Gasteiger partial charge in [0.05, 0.1) is 4.92 Å². The number of hydrogen-bond acceptors (Lipinski definition) is 5. The maximum absolute atomic E-state index is 12.0. The maximum Gasteiger partial charge on any atom is 0.269 e. The Morgan fingerprint density at radius 3 is 1.71 bits per heavy atom. The number of benzene rings is 2. The van der Waals surface area contributed by atoms with Crippen LogP contribution in [0.2, 0.25) is 0 Å². The minimum atomic E-state index is -0.489. The van der Waals surface area contributed by atoms with E-state index in [1.165, 1.54) is 24.3 Å². The SMILES string of the molecule is C1CNCCN1.Cl.O=C(c1ccccc1)c1ccc([N+](=O)[O-])cc1. The molecule has 6 nitrogen and oxygen atoms in total. The van der Waals surface area contributed by atoms with Gasteiger partial charge in [0.1, 0.15) is 0 Å². The van der Waals surface area contributed by atoms with Crippen LogP contribution in [0.4, 0.5) is 5.69 Å². The van der Waals surface area contributed by atoms with Gasteiger partial charge in [-0.1, -0.05) is 30.3 Å². The van der Waals surface area contributed by atoms with Gasteiger partial charge in [0.15, 0.2) is 5.78 Å². The van der Waals surface area contributed by atoms with Gasteiger partial charge in [0, 0.05) is 49.4 Å². The molecule has 0 saturated carbocycles. The number of ketones is 1. The molecular formula is C17H20ClN3O3. The van der Waals surface area contributed by atoms with E-state index in [1.807, 2.05) is 6.07 Å². The van der Waals surface area contributed by atoms with Gasteiger partial charge in [0.2, 0.25) is 0 Å². The second-order valence-electron chi connectivity index (χ2n) is 5.00. The molecule has 2 N–H and O–H groups in total. The molecule has 0 aromatic heterocycles. The summed E-state index contributed by atoms with van der Waals surface area (Å²) < 4.78 is 0. The van der Waals surface area contributed by atoms with Crippen molar-refractivity contribution in [3.63, 3.8) is 0 Å². The van der Waals surface area contributed by atoms with Crippen LogP contribution in [0.25, 0.3) is 0 Å². The van der Waals surface area contributed by atoms with Crippen LogP contribution in [0.15, 0.2) is 54.6 Å². The molecule has 1 aliphatic heterocycles. The highest BCUT2D eigenvalue weighted by Crippen LogP contribution is 2.15. The average molecular weight is 350 g/mol. The summed E-state index contributed by atoms with van der Waals surface area (Å²) in [5.74, 6) is -0.138. The van der Waals surface area contributed by atoms with E-state index in [-0.39, 0.29) is 23.9 Å². The Labute approximate surface area is 146 Å². The molecule has 1 fully saturated rings. The summed E-state index contributed by atoms with van der Waals surface area (Å²) in [6.45, 7) is 4.56. The normalized spacial score (nSPS) is 13.0. The number of hydrogen-bond donors (Lipinski definition) is 2. The predicted molar refractivity (Wildman–Crippen MR) is 96.0 cm³/mol. The van der Waals surface area contributed by atoms with Gasteiger partial charge >= 0.3 is 0 Å². The Bertz CT molecular complexity index is 632. The van der Waals surface area contributed by atoms with E-state index in [9.17, 15) is 14.9 Å². The van der Waals surface area contributed by atoms with Gasteiger partial charge < -0.3 is 10.6 Å². The van der Waals surface area contributed by atoms with Gasteiger partial charge in [-0.05, 0) is 12.1 Å². The topological polar surface area (TPSA) is 84.3 Å². The van der Waals surface area contributed by atoms with Crippen molar-refractivity contribution in [2.75, 3.05) is 26.2 Å². The summed E-state index contributed by atoms with van der Waals surface area (Å²) in [5.41, 5.74) is 0.998. The second kappa shape index (κ2) is 10.5. The molecule has 2 aromatic carbocycles. The van der Waals surface area contributed by atoms with Gasteiger partial charge in [-0.25, -0.2) is 0 Å². The molecule has 128 valence electrons. The summed E-state index contributed by atoms with van der Waals surface area (Å²) in [6, 6.07) is 14.4. The van der Waals surface area contributed by atoms with E-state index in [0.717, 1.165) is 26.2 Å². The summed E-state index contributed by atoms with van der Waals surface area (Å²) in [5, 5.41) is 16.9. The third-order valence-corrected chi connectivity index (χ3v) is 3.33. The third-order valence-electron chi connectivity index (χ3n) is 3.33. The summed E-state index contributed by atoms with van der Waals surface area (Å²) in [7, 11) is 0. The fourth-order valence-electron chi connectivity index (χ4n) is 2.09. The first-order valence-corrected chi connectivity index (χ1v) is 7.44. The third kappa shape index (κ3) is 6.08. The van der Waals surface area contributed by atoms with Crippen molar-refractivity contribution in [1.29, 1.82) is 0 Å². The van der Waals surface area contributed by atoms with Crippen molar-refractivity contribution in [3.05, 3.63) is 75.8 Å². The first-order valence-electron chi connectivity index (χ1n) is 7.44. The van der Waals surface area contributed by atoms with Gasteiger partial charge in [-0.2, -0.15) is 0 Å². The molecule has 2 aromatic rings. The van der Waals surface area contributed by atoms with E-state index in [1.54, 1.807) is 24.3 Å². The van der Waals surface area contributed by atoms with Crippen LogP contribution in [-0.4, -0.2) is 36.9 Å². The molecular weight excluding hydrogens is 330 g/mol. The van der Waals surface area contributed by atoms with Gasteiger partial charge in [0.25, 0.3) is 5.69 Å². The minimum Gasteiger partial charge on any atom is -0.314 e. The Morgan fingerprint density at radius 2 is 1.29 bits per heavy atom. The highest BCUT2D eigenvalue weighted by Gasteiger charge is 2.10. The number of nitro benzene ring substituents is 1. The van der Waals surface area contributed by atoms with Crippen LogP contribution in [0.1, 0.15) is 15.9 Å². The average Bonchev–Trinajstić information content (AvgIpc) is 2.64. The van der Waals surface area contributed by atoms with Crippen LogP contribution in [-0.2, 0) is 0 Å². The molecule has 0 bridgehead atoms. The molecule has 0 unspecified atom stereocenters. The molecule has 0 atom stereocenters. The highest BCUT2D eigenvalue weighted by atomic mass is 35.5. The van der Waals surface area contributed by atoms with Crippen molar-refractivity contribution in [2.24, 2.45) is 0 Å². The minimum absolute atomic E-state index is 0. The number of carbonyl (C=O) groups is 1. The first-order chi connectivity index (χ1) is 11.2. The number of carbonyl (C=O) groups excluding carboxylic acids is 1. The van der Waals surface area contributed by atoms with Crippen LogP contribution < -0.4 is 10.6 Å². The summed E-state index contributed by atoms with van der Waals surface area (Å²) in [6.07, 6.45) is 0. The number of nitrogens with zero attached hydrogens (tertiary/aromatic N) is 1. The van der Waals surface area contributed by atoms with Gasteiger partial charge in [-0.3, -0.25) is 14.9 Å². The van der Waals surface area contributed by atoms with E-state index in [0.29, 0.717) is 11.1 Å². The second-order valence-corrected chi connectivity index (χ2v) is 5.00. The molecule has 24 heavy (non-hydrogen) atoms. The van der Waals surface area contributed by atoms with E-state index < -0.39 is 4.92 Å². The van der Waals surface area contributed by atoms with Crippen LogP contribution >= 0.6 is 12.4 Å². The molecule has 0 aliphatic carbocycles. The van der Waals surface area contributed by atoms with E-state index >= 15 is 0 Å². The summed E-state index contributed by atoms with van der Waals surface area (Å²) in [4.78, 5) is 21.9. The molecule has 0 radical (unpaired) electrons. The fraction of sp³-hybridized carbons (Fsp3) is 0.235. The van der Waals surface area contributed by atoms with Crippen LogP contribution in [0.5, 0.6) is 0 Å². The quantitative estimate of drug-likeness (QED) is 0.505. The molecule has 7 heteroatoms. The van der Waals surface area contributed by atoms with Crippen molar-refractivity contribution in [2.45, 2.75) is 0 Å². The summed E-state index contributed by atoms with van der Waals surface area (Å²) >= 11 is 0. The number of nitrogens with one attached hydrogen (secondary N) is 2. The van der Waals surface area contributed by atoms with E-state index in [2.05, 4.69) is 10.6 Å². The zero-order valence-corrected chi connectivity index (χ0v) is 13.9. The Hall–Kier alpha value is -2.28. The van der Waals surface area contributed by atoms with Crippen LogP contribution in [0, 0.1) is 10.1 Å². The van der Waals surface area contributed by atoms with Crippen LogP contribution in [0.3, 0.4) is 0 Å². The lowest BCUT2D eigenvalue weighted by molar-refractivity contribution is -0.384. The fourth-order valence-corrected chi connectivity index (χ4v) is 2.09. The lowest BCUT2D eigenvalue weighted by Crippen LogP contribution is -2.39. The molecule has 1 aliphatic rings. The highest BCUT2D eigenvalue weighted by molar-refractivity contribution is 6.09. The Morgan fingerprint density at radius 1 is 0.833 bits per heavy atom. The number of halogens is 1. The van der Waals surface area contributed by atoms with Crippen molar-refractivity contribution >= 4 is 23.9 Å². The lowest BCUT2D eigenvalue weighted by Gasteiger charge is -2.11. The Balaban J connectivity index is 0.000000349. The molecule has 1 heterocycles. The van der Waals surface area contributed by atoms with E-state index in [4.69, 9.17) is 0 Å². The number of piperazine rings is 1. The van der Waals surface area contributed by atoms with Crippen molar-refractivity contribution < 1.29 is 9.72 Å². The Kier molecular flexibility index (Phi) is 8.64. The monoisotopic (exact) mass is 349 g/mol. The smallest absolute Gasteiger partial charge is 0.269 e. The molecule has 3 rings (SSSR count). The zero-order chi connectivity index (χ0) is 16.5. The number of nitro groups is 1. The van der Waals surface area contributed by atoms with Gasteiger partial charge in [-0.15, -0.1) is 12.4 Å². The standard InChI is InChI=1S/C13H9NO3.C4H10N2.ClH/c15-13(10-4-2-1-3-5-10)11-6-8-12(9-7-11)14(16)17;1-2-6-4-3-5-1;/h1-9H;5-6H,1-4H2;1H. The molecule has 1 saturated heterocycles.